The van der Waals surface area contributed by atoms with Crippen LogP contribution in [-0.2, 0) is 22.6 Å². The van der Waals surface area contributed by atoms with Gasteiger partial charge in [-0.3, -0.25) is 4.79 Å². The molecule has 0 radical (unpaired) electrons. The van der Waals surface area contributed by atoms with E-state index in [4.69, 9.17) is 4.74 Å². The highest BCUT2D eigenvalue weighted by Gasteiger charge is 1.98. The molecule has 0 N–H and O–H groups in total. The molecular formula is C11H12O2. The summed E-state index contributed by atoms with van der Waals surface area (Å²) in [6, 6.07) is 7.84. The third-order valence-electron chi connectivity index (χ3n) is 1.79. The van der Waals surface area contributed by atoms with Crippen molar-refractivity contribution in [3.8, 4) is 0 Å². The zero-order valence-corrected chi connectivity index (χ0v) is 7.40. The summed E-state index contributed by atoms with van der Waals surface area (Å²) in [5, 5.41) is 0. The van der Waals surface area contributed by atoms with Crippen molar-refractivity contribution >= 4 is 6.47 Å². The monoisotopic (exact) mass is 176 g/mol. The van der Waals surface area contributed by atoms with Gasteiger partial charge in [-0.15, -0.1) is 6.58 Å². The molecule has 0 aromatic heterocycles. The Balaban J connectivity index is 2.77. The highest BCUT2D eigenvalue weighted by atomic mass is 16.5. The number of allylic oxidation sites excluding steroid dienone is 1. The van der Waals surface area contributed by atoms with Crippen LogP contribution < -0.4 is 0 Å². The van der Waals surface area contributed by atoms with Crippen LogP contribution in [0, 0.1) is 0 Å². The van der Waals surface area contributed by atoms with Gasteiger partial charge in [0.05, 0.1) is 0 Å². The van der Waals surface area contributed by atoms with E-state index in [1.807, 2.05) is 30.3 Å². The normalized spacial score (nSPS) is 9.23. The van der Waals surface area contributed by atoms with Gasteiger partial charge in [0.25, 0.3) is 6.47 Å². The van der Waals surface area contributed by atoms with Crippen LogP contribution in [0.3, 0.4) is 0 Å². The summed E-state index contributed by atoms with van der Waals surface area (Å²) in [7, 11) is 0. The van der Waals surface area contributed by atoms with Crippen LogP contribution in [0.5, 0.6) is 0 Å². The van der Waals surface area contributed by atoms with E-state index < -0.39 is 0 Å². The molecule has 0 heterocycles. The molecule has 0 aliphatic rings. The minimum Gasteiger partial charge on any atom is -0.463 e. The molecule has 1 aromatic rings. The number of hydrogen-bond acceptors (Lipinski definition) is 2. The molecule has 1 rings (SSSR count). The molecule has 0 saturated heterocycles. The van der Waals surface area contributed by atoms with Gasteiger partial charge in [-0.25, -0.2) is 0 Å². The summed E-state index contributed by atoms with van der Waals surface area (Å²) in [5.74, 6) is 0. The van der Waals surface area contributed by atoms with Crippen LogP contribution in [0.15, 0.2) is 36.9 Å². The molecule has 0 bridgehead atoms. The molecule has 2 heteroatoms. The molecule has 68 valence electrons. The lowest BCUT2D eigenvalue weighted by Gasteiger charge is -2.05. The van der Waals surface area contributed by atoms with Crippen molar-refractivity contribution in [2.24, 2.45) is 0 Å². The van der Waals surface area contributed by atoms with E-state index in [9.17, 15) is 4.79 Å². The van der Waals surface area contributed by atoms with Crippen LogP contribution >= 0.6 is 0 Å². The quantitative estimate of drug-likeness (QED) is 0.507. The van der Waals surface area contributed by atoms with Crippen molar-refractivity contribution in [3.63, 3.8) is 0 Å². The molecule has 0 aliphatic heterocycles. The third-order valence-corrected chi connectivity index (χ3v) is 1.79. The van der Waals surface area contributed by atoms with Gasteiger partial charge >= 0.3 is 0 Å². The van der Waals surface area contributed by atoms with E-state index in [1.54, 1.807) is 0 Å². The molecule has 2 nitrogen and oxygen atoms in total. The van der Waals surface area contributed by atoms with Crippen LogP contribution in [0.4, 0.5) is 0 Å². The number of carbonyl (C=O) groups is 1. The van der Waals surface area contributed by atoms with E-state index in [2.05, 4.69) is 6.58 Å². The predicted octanol–water partition coefficient (Wildman–Crippen LogP) is 2.09. The molecule has 0 unspecified atom stereocenters. The van der Waals surface area contributed by atoms with Gasteiger partial charge in [-0.05, 0) is 17.5 Å². The molecule has 0 aliphatic carbocycles. The fraction of sp³-hybridized carbons (Fsp3) is 0.182. The van der Waals surface area contributed by atoms with Gasteiger partial charge in [0.2, 0.25) is 0 Å². The fourth-order valence-corrected chi connectivity index (χ4v) is 1.18. The standard InChI is InChI=1S/C11H12O2/c1-2-5-10-6-3-4-7-11(10)8-13-9-12/h2-4,6-7,9H,1,5,8H2. The van der Waals surface area contributed by atoms with Crippen molar-refractivity contribution < 1.29 is 9.53 Å². The fourth-order valence-electron chi connectivity index (χ4n) is 1.18. The zero-order chi connectivity index (χ0) is 9.52. The van der Waals surface area contributed by atoms with E-state index in [0.29, 0.717) is 13.1 Å². The smallest absolute Gasteiger partial charge is 0.293 e. The highest BCUT2D eigenvalue weighted by molar-refractivity contribution is 5.38. The van der Waals surface area contributed by atoms with Crippen molar-refractivity contribution in [1.82, 2.24) is 0 Å². The SMILES string of the molecule is C=CCc1ccccc1COC=O. The number of ether oxygens (including phenoxy) is 1. The van der Waals surface area contributed by atoms with Gasteiger partial charge in [0.1, 0.15) is 6.61 Å². The van der Waals surface area contributed by atoms with Crippen molar-refractivity contribution in [2.45, 2.75) is 13.0 Å². The Morgan fingerprint density at radius 2 is 2.00 bits per heavy atom. The lowest BCUT2D eigenvalue weighted by atomic mass is 10.1. The van der Waals surface area contributed by atoms with E-state index in [0.717, 1.165) is 17.5 Å². The van der Waals surface area contributed by atoms with Crippen LogP contribution in [0.25, 0.3) is 0 Å². The van der Waals surface area contributed by atoms with Crippen molar-refractivity contribution in [1.29, 1.82) is 0 Å². The average molecular weight is 176 g/mol. The maximum Gasteiger partial charge on any atom is 0.293 e. The third kappa shape index (κ3) is 2.75. The number of benzene rings is 1. The minimum atomic E-state index is 0.341. The van der Waals surface area contributed by atoms with Gasteiger partial charge in [-0.1, -0.05) is 30.3 Å². The molecule has 13 heavy (non-hydrogen) atoms. The average Bonchev–Trinajstić information content (AvgIpc) is 2.17. The Morgan fingerprint density at radius 3 is 2.62 bits per heavy atom. The second-order valence-electron chi connectivity index (χ2n) is 2.67. The molecule has 0 spiro atoms. The summed E-state index contributed by atoms with van der Waals surface area (Å²) in [4.78, 5) is 10.0. The van der Waals surface area contributed by atoms with Gasteiger partial charge in [-0.2, -0.15) is 0 Å². The second kappa shape index (κ2) is 5.14. The number of carbonyl (C=O) groups excluding carboxylic acids is 1. The van der Waals surface area contributed by atoms with Gasteiger partial charge in [0.15, 0.2) is 0 Å². The van der Waals surface area contributed by atoms with E-state index in [-0.39, 0.29) is 0 Å². The van der Waals surface area contributed by atoms with Crippen molar-refractivity contribution in [3.05, 3.63) is 48.0 Å². The first-order chi connectivity index (χ1) is 6.38. The molecular weight excluding hydrogens is 164 g/mol. The molecule has 0 fully saturated rings. The van der Waals surface area contributed by atoms with Crippen LogP contribution in [-0.4, -0.2) is 6.47 Å². The summed E-state index contributed by atoms with van der Waals surface area (Å²) < 4.78 is 4.69. The molecule has 0 atom stereocenters. The molecule has 0 saturated carbocycles. The Labute approximate surface area is 77.8 Å². The molecule has 0 amide bonds. The van der Waals surface area contributed by atoms with Crippen LogP contribution in [0.2, 0.25) is 0 Å². The summed E-state index contributed by atoms with van der Waals surface area (Å²) >= 11 is 0. The summed E-state index contributed by atoms with van der Waals surface area (Å²) in [6.07, 6.45) is 2.64. The van der Waals surface area contributed by atoms with E-state index >= 15 is 0 Å². The number of rotatable bonds is 5. The van der Waals surface area contributed by atoms with E-state index in [1.165, 1.54) is 0 Å². The lowest BCUT2D eigenvalue weighted by molar-refractivity contribution is -0.129. The maximum absolute atomic E-state index is 10.0. The zero-order valence-electron chi connectivity index (χ0n) is 7.40. The lowest BCUT2D eigenvalue weighted by Crippen LogP contribution is -1.95. The largest absolute Gasteiger partial charge is 0.463 e. The summed E-state index contributed by atoms with van der Waals surface area (Å²) in [6.45, 7) is 4.47. The Kier molecular flexibility index (Phi) is 3.76. The first kappa shape index (κ1) is 9.52. The Hall–Kier alpha value is -1.57. The summed E-state index contributed by atoms with van der Waals surface area (Å²) in [5.41, 5.74) is 2.19. The maximum atomic E-state index is 10.0. The topological polar surface area (TPSA) is 26.3 Å². The predicted molar refractivity (Wildman–Crippen MR) is 51.2 cm³/mol. The molecule has 1 aromatic carbocycles. The highest BCUT2D eigenvalue weighted by Crippen LogP contribution is 2.10. The van der Waals surface area contributed by atoms with Crippen molar-refractivity contribution in [2.75, 3.05) is 0 Å². The second-order valence-corrected chi connectivity index (χ2v) is 2.67. The first-order valence-electron chi connectivity index (χ1n) is 4.11. The number of hydrogen-bond donors (Lipinski definition) is 0. The minimum absolute atomic E-state index is 0.341. The Bertz CT molecular complexity index is 292. The van der Waals surface area contributed by atoms with Crippen LogP contribution in [0.1, 0.15) is 11.1 Å². The Morgan fingerprint density at radius 1 is 1.31 bits per heavy atom. The van der Waals surface area contributed by atoms with Gasteiger partial charge in [0, 0.05) is 0 Å². The first-order valence-corrected chi connectivity index (χ1v) is 4.11. The van der Waals surface area contributed by atoms with Gasteiger partial charge < -0.3 is 4.74 Å².